The van der Waals surface area contributed by atoms with Gasteiger partial charge in [0.15, 0.2) is 12.4 Å². The van der Waals surface area contributed by atoms with E-state index >= 15 is 0 Å². The van der Waals surface area contributed by atoms with Crippen LogP contribution in [0, 0.1) is 6.92 Å². The van der Waals surface area contributed by atoms with Gasteiger partial charge in [-0.1, -0.05) is 41.6 Å². The molecule has 24 heavy (non-hydrogen) atoms. The van der Waals surface area contributed by atoms with Crippen LogP contribution in [0.4, 0.5) is 5.69 Å². The zero-order valence-corrected chi connectivity index (χ0v) is 13.2. The summed E-state index contributed by atoms with van der Waals surface area (Å²) in [7, 11) is 0. The molecule has 6 nitrogen and oxygen atoms in total. The van der Waals surface area contributed by atoms with Crippen molar-refractivity contribution in [3.8, 4) is 5.75 Å². The summed E-state index contributed by atoms with van der Waals surface area (Å²) in [5.74, 6) is 1.52. The SMILES string of the molecule is Cc1noc(Cc2ccccc2NC(=O)COc2ccccc2)n1. The highest BCUT2D eigenvalue weighted by Gasteiger charge is 2.11. The molecule has 0 saturated heterocycles. The molecular weight excluding hydrogens is 306 g/mol. The lowest BCUT2D eigenvalue weighted by Gasteiger charge is -2.10. The number of carbonyl (C=O) groups is 1. The monoisotopic (exact) mass is 323 g/mol. The topological polar surface area (TPSA) is 77.2 Å². The standard InChI is InChI=1S/C18H17N3O3/c1-13-19-18(24-21-13)11-14-7-5-6-10-16(14)20-17(22)12-23-15-8-3-2-4-9-15/h2-10H,11-12H2,1H3,(H,20,22). The van der Waals surface area contributed by atoms with Crippen LogP contribution in [-0.2, 0) is 11.2 Å². The van der Waals surface area contributed by atoms with E-state index in [4.69, 9.17) is 9.26 Å². The number of amides is 1. The van der Waals surface area contributed by atoms with E-state index in [1.165, 1.54) is 0 Å². The number of carbonyl (C=O) groups excluding carboxylic acids is 1. The second-order valence-electron chi connectivity index (χ2n) is 5.22. The summed E-state index contributed by atoms with van der Waals surface area (Å²) in [6.45, 7) is 1.71. The Balaban J connectivity index is 1.63. The molecule has 0 saturated carbocycles. The molecule has 122 valence electrons. The number of anilines is 1. The number of aryl methyl sites for hydroxylation is 1. The minimum absolute atomic E-state index is 0.0575. The number of rotatable bonds is 6. The van der Waals surface area contributed by atoms with Crippen LogP contribution in [0.5, 0.6) is 5.75 Å². The molecule has 0 aliphatic rings. The van der Waals surface area contributed by atoms with Gasteiger partial charge in [0.25, 0.3) is 5.91 Å². The summed E-state index contributed by atoms with van der Waals surface area (Å²) in [5.41, 5.74) is 1.60. The highest BCUT2D eigenvalue weighted by Crippen LogP contribution is 2.18. The molecule has 0 unspecified atom stereocenters. The van der Waals surface area contributed by atoms with Crippen LogP contribution in [0.2, 0.25) is 0 Å². The van der Waals surface area contributed by atoms with Crippen molar-refractivity contribution >= 4 is 11.6 Å². The van der Waals surface area contributed by atoms with Crippen LogP contribution >= 0.6 is 0 Å². The summed E-state index contributed by atoms with van der Waals surface area (Å²) in [6, 6.07) is 16.7. The van der Waals surface area contributed by atoms with Crippen molar-refractivity contribution in [3.05, 3.63) is 71.9 Å². The summed E-state index contributed by atoms with van der Waals surface area (Å²) in [5, 5.41) is 6.63. The molecule has 0 aliphatic heterocycles. The Morgan fingerprint density at radius 3 is 2.62 bits per heavy atom. The summed E-state index contributed by atoms with van der Waals surface area (Å²) >= 11 is 0. The molecule has 3 aromatic rings. The Morgan fingerprint density at radius 1 is 1.12 bits per heavy atom. The molecule has 1 N–H and O–H groups in total. The molecule has 0 bridgehead atoms. The van der Waals surface area contributed by atoms with Crippen LogP contribution in [0.15, 0.2) is 59.1 Å². The van der Waals surface area contributed by atoms with Crippen LogP contribution in [0.1, 0.15) is 17.3 Å². The molecular formula is C18H17N3O3. The molecule has 0 atom stereocenters. The Labute approximate surface area is 139 Å². The van der Waals surface area contributed by atoms with Gasteiger partial charge in [-0.3, -0.25) is 4.79 Å². The Kier molecular flexibility index (Phi) is 4.86. The molecule has 6 heteroatoms. The zero-order valence-electron chi connectivity index (χ0n) is 13.2. The zero-order chi connectivity index (χ0) is 16.8. The normalized spacial score (nSPS) is 10.4. The van der Waals surface area contributed by atoms with Crippen LogP contribution in [0.25, 0.3) is 0 Å². The number of para-hydroxylation sites is 2. The fraction of sp³-hybridized carbons (Fsp3) is 0.167. The van der Waals surface area contributed by atoms with Crippen molar-refractivity contribution < 1.29 is 14.1 Å². The molecule has 0 spiro atoms. The van der Waals surface area contributed by atoms with Crippen molar-refractivity contribution in [2.24, 2.45) is 0 Å². The number of nitrogens with one attached hydrogen (secondary N) is 1. The van der Waals surface area contributed by atoms with E-state index < -0.39 is 0 Å². The maximum Gasteiger partial charge on any atom is 0.262 e. The third kappa shape index (κ3) is 4.19. The van der Waals surface area contributed by atoms with E-state index in [0.717, 1.165) is 5.56 Å². The molecule has 1 heterocycles. The molecule has 0 radical (unpaired) electrons. The van der Waals surface area contributed by atoms with Gasteiger partial charge in [-0.25, -0.2) is 0 Å². The van der Waals surface area contributed by atoms with Crippen LogP contribution in [-0.4, -0.2) is 22.7 Å². The molecule has 3 rings (SSSR count). The first-order valence-electron chi connectivity index (χ1n) is 7.55. The maximum absolute atomic E-state index is 12.1. The van der Waals surface area contributed by atoms with Crippen LogP contribution < -0.4 is 10.1 Å². The average Bonchev–Trinajstić information content (AvgIpc) is 3.01. The van der Waals surface area contributed by atoms with E-state index in [2.05, 4.69) is 15.5 Å². The number of aromatic nitrogens is 2. The molecule has 1 amide bonds. The molecule has 0 aliphatic carbocycles. The van der Waals surface area contributed by atoms with Gasteiger partial charge in [-0.2, -0.15) is 4.98 Å². The predicted molar refractivity (Wildman–Crippen MR) is 88.8 cm³/mol. The van der Waals surface area contributed by atoms with Gasteiger partial charge in [-0.15, -0.1) is 0 Å². The lowest BCUT2D eigenvalue weighted by Crippen LogP contribution is -2.21. The second-order valence-corrected chi connectivity index (χ2v) is 5.22. The Bertz CT molecular complexity index is 815. The minimum Gasteiger partial charge on any atom is -0.484 e. The lowest BCUT2D eigenvalue weighted by atomic mass is 10.1. The van der Waals surface area contributed by atoms with E-state index in [1.807, 2.05) is 42.5 Å². The third-order valence-corrected chi connectivity index (χ3v) is 3.32. The average molecular weight is 323 g/mol. The van der Waals surface area contributed by atoms with Gasteiger partial charge >= 0.3 is 0 Å². The van der Waals surface area contributed by atoms with Gasteiger partial charge in [0.2, 0.25) is 5.89 Å². The fourth-order valence-electron chi connectivity index (χ4n) is 2.22. The van der Waals surface area contributed by atoms with Crippen LogP contribution in [0.3, 0.4) is 0 Å². The predicted octanol–water partition coefficient (Wildman–Crippen LogP) is 2.99. The van der Waals surface area contributed by atoms with E-state index in [0.29, 0.717) is 29.6 Å². The molecule has 0 fully saturated rings. The number of hydrogen-bond donors (Lipinski definition) is 1. The minimum atomic E-state index is -0.229. The van der Waals surface area contributed by atoms with Crippen molar-refractivity contribution in [1.82, 2.24) is 10.1 Å². The lowest BCUT2D eigenvalue weighted by molar-refractivity contribution is -0.118. The number of ether oxygens (including phenoxy) is 1. The summed E-state index contributed by atoms with van der Waals surface area (Å²) in [4.78, 5) is 16.3. The highest BCUT2D eigenvalue weighted by molar-refractivity contribution is 5.92. The second kappa shape index (κ2) is 7.41. The van der Waals surface area contributed by atoms with Crippen molar-refractivity contribution in [2.75, 3.05) is 11.9 Å². The van der Waals surface area contributed by atoms with E-state index in [1.54, 1.807) is 19.1 Å². The summed E-state index contributed by atoms with van der Waals surface area (Å²) < 4.78 is 10.6. The van der Waals surface area contributed by atoms with Crippen molar-refractivity contribution in [1.29, 1.82) is 0 Å². The van der Waals surface area contributed by atoms with E-state index in [-0.39, 0.29) is 12.5 Å². The third-order valence-electron chi connectivity index (χ3n) is 3.32. The number of hydrogen-bond acceptors (Lipinski definition) is 5. The van der Waals surface area contributed by atoms with Gasteiger partial charge in [0.05, 0.1) is 6.42 Å². The van der Waals surface area contributed by atoms with Gasteiger partial charge in [0, 0.05) is 5.69 Å². The first-order valence-corrected chi connectivity index (χ1v) is 7.55. The summed E-state index contributed by atoms with van der Waals surface area (Å²) in [6.07, 6.45) is 0.455. The van der Waals surface area contributed by atoms with Crippen molar-refractivity contribution in [3.63, 3.8) is 0 Å². The highest BCUT2D eigenvalue weighted by atomic mass is 16.5. The van der Waals surface area contributed by atoms with Gasteiger partial charge < -0.3 is 14.6 Å². The number of nitrogens with zero attached hydrogens (tertiary/aromatic N) is 2. The first kappa shape index (κ1) is 15.7. The van der Waals surface area contributed by atoms with Crippen molar-refractivity contribution in [2.45, 2.75) is 13.3 Å². The first-order chi connectivity index (χ1) is 11.7. The maximum atomic E-state index is 12.1. The quantitative estimate of drug-likeness (QED) is 0.754. The smallest absolute Gasteiger partial charge is 0.262 e. The Hall–Kier alpha value is -3.15. The van der Waals surface area contributed by atoms with Gasteiger partial charge in [0.1, 0.15) is 5.75 Å². The Morgan fingerprint density at radius 2 is 1.88 bits per heavy atom. The van der Waals surface area contributed by atoms with E-state index in [9.17, 15) is 4.79 Å². The van der Waals surface area contributed by atoms with Gasteiger partial charge in [-0.05, 0) is 30.7 Å². The molecule has 2 aromatic carbocycles. The fourth-order valence-corrected chi connectivity index (χ4v) is 2.22. The molecule has 1 aromatic heterocycles. The number of benzene rings is 2. The largest absolute Gasteiger partial charge is 0.484 e.